The number of aryl methyl sites for hydroxylation is 2. The number of carbonyl (C=O) groups excluding carboxylic acids is 1. The van der Waals surface area contributed by atoms with Crippen molar-refractivity contribution in [1.82, 2.24) is 10.6 Å². The van der Waals surface area contributed by atoms with Crippen LogP contribution in [-0.4, -0.2) is 25.7 Å². The van der Waals surface area contributed by atoms with Crippen molar-refractivity contribution in [2.45, 2.75) is 47.0 Å². The number of hydrogen-bond donors (Lipinski definition) is 2. The number of ether oxygens (including phenoxy) is 1. The minimum Gasteiger partial charge on any atom is -0.463 e. The molecule has 0 aromatic heterocycles. The summed E-state index contributed by atoms with van der Waals surface area (Å²) in [5.41, 5.74) is 4.98. The Kier molecular flexibility index (Phi) is 9.63. The van der Waals surface area contributed by atoms with Gasteiger partial charge in [0.1, 0.15) is 0 Å². The van der Waals surface area contributed by atoms with Crippen LogP contribution in [0.15, 0.2) is 47.8 Å². The summed E-state index contributed by atoms with van der Waals surface area (Å²) in [5, 5.41) is 6.55. The van der Waals surface area contributed by atoms with Crippen LogP contribution in [-0.2, 0) is 22.4 Å². The average molecular weight is 344 g/mol. The quantitative estimate of drug-likeness (QED) is 0.365. The number of hydrogen-bond acceptors (Lipinski definition) is 4. The first kappa shape index (κ1) is 21.0. The first-order valence-corrected chi connectivity index (χ1v) is 9.05. The Morgan fingerprint density at radius 3 is 2.60 bits per heavy atom. The van der Waals surface area contributed by atoms with Gasteiger partial charge in [0.2, 0.25) is 0 Å². The molecule has 2 N–H and O–H groups in total. The molecule has 0 amide bonds. The fourth-order valence-corrected chi connectivity index (χ4v) is 2.46. The Labute approximate surface area is 152 Å². The molecule has 0 saturated carbocycles. The van der Waals surface area contributed by atoms with E-state index in [1.165, 1.54) is 11.1 Å². The molecule has 0 atom stereocenters. The Balaban J connectivity index is 2.28. The Morgan fingerprint density at radius 2 is 1.92 bits per heavy atom. The SMILES string of the molecule is C=C(CNCCCc1cccc(CC)c1)N/C(C)=C(\C)C(=O)OCC. The van der Waals surface area contributed by atoms with Crippen LogP contribution in [0.2, 0.25) is 0 Å². The van der Waals surface area contributed by atoms with Gasteiger partial charge < -0.3 is 15.4 Å². The molecular formula is C21H32N2O2. The van der Waals surface area contributed by atoms with Gasteiger partial charge in [-0.3, -0.25) is 0 Å². The van der Waals surface area contributed by atoms with Crippen LogP contribution in [0.1, 0.15) is 45.2 Å². The van der Waals surface area contributed by atoms with Crippen LogP contribution in [0.3, 0.4) is 0 Å². The lowest BCUT2D eigenvalue weighted by atomic mass is 10.1. The van der Waals surface area contributed by atoms with Gasteiger partial charge in [0.25, 0.3) is 0 Å². The zero-order valence-corrected chi connectivity index (χ0v) is 16.1. The van der Waals surface area contributed by atoms with E-state index in [0.29, 0.717) is 18.7 Å². The second-order valence-corrected chi connectivity index (χ2v) is 6.15. The predicted octanol–water partition coefficient (Wildman–Crippen LogP) is 3.73. The fraction of sp³-hybridized carbons (Fsp3) is 0.476. The molecule has 0 bridgehead atoms. The van der Waals surface area contributed by atoms with E-state index in [9.17, 15) is 4.79 Å². The van der Waals surface area contributed by atoms with E-state index < -0.39 is 0 Å². The lowest BCUT2D eigenvalue weighted by molar-refractivity contribution is -0.138. The zero-order valence-electron chi connectivity index (χ0n) is 16.1. The molecule has 1 aromatic carbocycles. The summed E-state index contributed by atoms with van der Waals surface area (Å²) >= 11 is 0. The zero-order chi connectivity index (χ0) is 18.7. The van der Waals surface area contributed by atoms with Crippen LogP contribution in [0.4, 0.5) is 0 Å². The number of nitrogens with one attached hydrogen (secondary N) is 2. The van der Waals surface area contributed by atoms with Gasteiger partial charge in [0, 0.05) is 17.9 Å². The van der Waals surface area contributed by atoms with Crippen LogP contribution in [0, 0.1) is 0 Å². The molecule has 0 heterocycles. The number of esters is 1. The van der Waals surface area contributed by atoms with Gasteiger partial charge >= 0.3 is 5.97 Å². The normalized spacial score (nSPS) is 11.7. The lowest BCUT2D eigenvalue weighted by Crippen LogP contribution is -2.26. The number of benzene rings is 1. The third-order valence-corrected chi connectivity index (χ3v) is 4.07. The van der Waals surface area contributed by atoms with Crippen LogP contribution < -0.4 is 10.6 Å². The summed E-state index contributed by atoms with van der Waals surface area (Å²) in [6, 6.07) is 8.78. The molecular weight excluding hydrogens is 312 g/mol. The molecule has 1 rings (SSSR count). The highest BCUT2D eigenvalue weighted by Crippen LogP contribution is 2.08. The highest BCUT2D eigenvalue weighted by atomic mass is 16.5. The van der Waals surface area contributed by atoms with Crippen molar-refractivity contribution in [3.8, 4) is 0 Å². The molecule has 25 heavy (non-hydrogen) atoms. The van der Waals surface area contributed by atoms with Crippen LogP contribution in [0.25, 0.3) is 0 Å². The average Bonchev–Trinajstić information content (AvgIpc) is 2.61. The molecule has 1 aromatic rings. The van der Waals surface area contributed by atoms with Crippen molar-refractivity contribution in [2.24, 2.45) is 0 Å². The molecule has 0 unspecified atom stereocenters. The minimum atomic E-state index is -0.289. The largest absolute Gasteiger partial charge is 0.463 e. The van der Waals surface area contributed by atoms with Gasteiger partial charge in [0.15, 0.2) is 0 Å². The molecule has 0 aliphatic carbocycles. The van der Waals surface area contributed by atoms with E-state index in [1.807, 2.05) is 6.92 Å². The second kappa shape index (κ2) is 11.5. The summed E-state index contributed by atoms with van der Waals surface area (Å²) in [5.74, 6) is -0.289. The van der Waals surface area contributed by atoms with Gasteiger partial charge in [-0.25, -0.2) is 4.79 Å². The highest BCUT2D eigenvalue weighted by molar-refractivity contribution is 5.88. The fourth-order valence-electron chi connectivity index (χ4n) is 2.46. The maximum Gasteiger partial charge on any atom is 0.335 e. The van der Waals surface area contributed by atoms with Crippen LogP contribution in [0.5, 0.6) is 0 Å². The summed E-state index contributed by atoms with van der Waals surface area (Å²) in [6.45, 7) is 13.6. The lowest BCUT2D eigenvalue weighted by Gasteiger charge is -2.13. The molecule has 138 valence electrons. The van der Waals surface area contributed by atoms with Gasteiger partial charge in [0.05, 0.1) is 12.2 Å². The summed E-state index contributed by atoms with van der Waals surface area (Å²) < 4.78 is 5.00. The monoisotopic (exact) mass is 344 g/mol. The van der Waals surface area contributed by atoms with Crippen LogP contribution >= 0.6 is 0 Å². The predicted molar refractivity (Wildman–Crippen MR) is 104 cm³/mol. The number of carbonyl (C=O) groups is 1. The molecule has 0 aliphatic rings. The molecule has 0 saturated heterocycles. The van der Waals surface area contributed by atoms with E-state index in [2.05, 4.69) is 48.4 Å². The molecule has 0 radical (unpaired) electrons. The molecule has 0 spiro atoms. The van der Waals surface area contributed by atoms with Crippen molar-refractivity contribution >= 4 is 5.97 Å². The van der Waals surface area contributed by atoms with Gasteiger partial charge in [-0.1, -0.05) is 37.8 Å². The molecule has 0 fully saturated rings. The summed E-state index contributed by atoms with van der Waals surface area (Å²) in [4.78, 5) is 11.7. The smallest absolute Gasteiger partial charge is 0.335 e. The van der Waals surface area contributed by atoms with E-state index >= 15 is 0 Å². The van der Waals surface area contributed by atoms with Crippen molar-refractivity contribution < 1.29 is 9.53 Å². The minimum absolute atomic E-state index is 0.289. The van der Waals surface area contributed by atoms with Gasteiger partial charge in [-0.15, -0.1) is 0 Å². The maximum atomic E-state index is 11.7. The summed E-state index contributed by atoms with van der Waals surface area (Å²) in [6.07, 6.45) is 3.23. The first-order chi connectivity index (χ1) is 12.0. The topological polar surface area (TPSA) is 50.4 Å². The van der Waals surface area contributed by atoms with Crippen molar-refractivity contribution in [3.63, 3.8) is 0 Å². The van der Waals surface area contributed by atoms with Gasteiger partial charge in [-0.05, 0) is 57.7 Å². The Hall–Kier alpha value is -2.07. The van der Waals surface area contributed by atoms with Crippen molar-refractivity contribution in [1.29, 1.82) is 0 Å². The van der Waals surface area contributed by atoms with Crippen molar-refractivity contribution in [2.75, 3.05) is 19.7 Å². The van der Waals surface area contributed by atoms with E-state index in [1.54, 1.807) is 13.8 Å². The first-order valence-electron chi connectivity index (χ1n) is 9.05. The van der Waals surface area contributed by atoms with E-state index in [-0.39, 0.29) is 5.97 Å². The second-order valence-electron chi connectivity index (χ2n) is 6.15. The highest BCUT2D eigenvalue weighted by Gasteiger charge is 2.08. The van der Waals surface area contributed by atoms with Crippen molar-refractivity contribution in [3.05, 3.63) is 58.9 Å². The molecule has 4 heteroatoms. The number of allylic oxidation sites excluding steroid dienone is 1. The standard InChI is InChI=1S/C21H32N2O2/c1-6-19-10-8-11-20(14-19)12-9-13-22-15-16(3)23-18(5)17(4)21(24)25-7-2/h8,10-11,14,22-23H,3,6-7,9,12-13,15H2,1-2,4-5H3/b18-17+. The maximum absolute atomic E-state index is 11.7. The van der Waals surface area contributed by atoms with Gasteiger partial charge in [-0.2, -0.15) is 0 Å². The molecule has 0 aliphatic heterocycles. The molecule has 4 nitrogen and oxygen atoms in total. The van der Waals surface area contributed by atoms with E-state index in [0.717, 1.165) is 37.2 Å². The third kappa shape index (κ3) is 8.03. The third-order valence-electron chi connectivity index (χ3n) is 4.07. The Morgan fingerprint density at radius 1 is 1.20 bits per heavy atom. The van der Waals surface area contributed by atoms with E-state index in [4.69, 9.17) is 4.74 Å². The number of rotatable bonds is 11. The Bertz CT molecular complexity index is 606. The summed E-state index contributed by atoms with van der Waals surface area (Å²) in [7, 11) is 0.